The number of alkyl halides is 3. The maximum Gasteiger partial charge on any atom is 0.416 e. The van der Waals surface area contributed by atoms with Gasteiger partial charge in [0.2, 0.25) is 0 Å². The van der Waals surface area contributed by atoms with Crippen LogP contribution in [0.15, 0.2) is 65.6 Å². The van der Waals surface area contributed by atoms with Crippen molar-refractivity contribution in [3.8, 4) is 5.75 Å². The average molecular weight is 556 g/mol. The fourth-order valence-corrected chi connectivity index (χ4v) is 5.95. The second-order valence-corrected chi connectivity index (χ2v) is 10.8. The highest BCUT2D eigenvalue weighted by Crippen LogP contribution is 2.40. The number of rotatable bonds is 8. The Bertz CT molecular complexity index is 1390. The van der Waals surface area contributed by atoms with Crippen molar-refractivity contribution in [3.05, 3.63) is 88.2 Å². The van der Waals surface area contributed by atoms with Crippen molar-refractivity contribution in [3.63, 3.8) is 0 Å². The first-order chi connectivity index (χ1) is 17.5. The zero-order valence-electron chi connectivity index (χ0n) is 19.3. The Morgan fingerprint density at radius 3 is 2.51 bits per heavy atom. The minimum atomic E-state index is -4.72. The summed E-state index contributed by atoms with van der Waals surface area (Å²) in [5.74, 6) is -0.245. The van der Waals surface area contributed by atoms with Crippen LogP contribution in [0.3, 0.4) is 0 Å². The van der Waals surface area contributed by atoms with E-state index in [1.54, 1.807) is 24.3 Å². The summed E-state index contributed by atoms with van der Waals surface area (Å²) in [6.07, 6.45) is -3.80. The molecule has 1 aliphatic heterocycles. The van der Waals surface area contributed by atoms with E-state index in [0.717, 1.165) is 22.5 Å². The van der Waals surface area contributed by atoms with Gasteiger partial charge in [-0.25, -0.2) is 12.8 Å². The van der Waals surface area contributed by atoms with E-state index >= 15 is 0 Å². The Balaban J connectivity index is 1.71. The lowest BCUT2D eigenvalue weighted by atomic mass is 10.0. The number of sulfonamides is 1. The van der Waals surface area contributed by atoms with Crippen LogP contribution in [-0.4, -0.2) is 27.4 Å². The fourth-order valence-electron chi connectivity index (χ4n) is 4.15. The molecule has 3 aromatic carbocycles. The molecule has 0 unspecified atom stereocenters. The molecule has 1 aliphatic rings. The lowest BCUT2D eigenvalue weighted by Crippen LogP contribution is -2.43. The molecule has 0 N–H and O–H groups in total. The molecule has 0 bridgehead atoms. The van der Waals surface area contributed by atoms with Crippen LogP contribution in [0.1, 0.15) is 29.5 Å². The third-order valence-electron chi connectivity index (χ3n) is 6.04. The molecule has 0 radical (unpaired) electrons. The number of anilines is 1. The Hall–Kier alpha value is -3.11. The van der Waals surface area contributed by atoms with E-state index in [1.165, 1.54) is 12.1 Å². The zero-order chi connectivity index (χ0) is 26.8. The van der Waals surface area contributed by atoms with Crippen molar-refractivity contribution in [1.82, 2.24) is 0 Å². The monoisotopic (exact) mass is 555 g/mol. The van der Waals surface area contributed by atoms with Crippen LogP contribution in [-0.2, 0) is 33.8 Å². The number of carbonyl (C=O) groups excluding carboxylic acids is 1. The summed E-state index contributed by atoms with van der Waals surface area (Å²) < 4.78 is 88.1. The van der Waals surface area contributed by atoms with E-state index in [4.69, 9.17) is 16.3 Å². The van der Waals surface area contributed by atoms with Gasteiger partial charge in [0.05, 0.1) is 22.7 Å². The maximum absolute atomic E-state index is 14.2. The van der Waals surface area contributed by atoms with Crippen molar-refractivity contribution in [2.45, 2.75) is 42.9 Å². The number of halogens is 5. The SMILES string of the molecule is O=CCC[C@H]1CN(S(=O)(=O)c2cccc(C(F)(F)F)c2)c2cc(CCc3c(F)cccc3Cl)ccc2O1. The van der Waals surface area contributed by atoms with Crippen molar-refractivity contribution in [2.24, 2.45) is 0 Å². The topological polar surface area (TPSA) is 63.7 Å². The van der Waals surface area contributed by atoms with Gasteiger partial charge >= 0.3 is 6.18 Å². The quantitative estimate of drug-likeness (QED) is 0.245. The lowest BCUT2D eigenvalue weighted by Gasteiger charge is -2.35. The van der Waals surface area contributed by atoms with Crippen LogP contribution in [0.5, 0.6) is 5.75 Å². The van der Waals surface area contributed by atoms with Crippen LogP contribution in [0.25, 0.3) is 0 Å². The molecule has 3 aromatic rings. The molecular weight excluding hydrogens is 534 g/mol. The van der Waals surface area contributed by atoms with Gasteiger partial charge in [-0.15, -0.1) is 0 Å². The molecule has 5 nitrogen and oxygen atoms in total. The Kier molecular flexibility index (Phi) is 7.80. The van der Waals surface area contributed by atoms with Crippen LogP contribution in [0.2, 0.25) is 5.02 Å². The first kappa shape index (κ1) is 26.9. The number of benzene rings is 3. The normalized spacial score (nSPS) is 15.7. The summed E-state index contributed by atoms with van der Waals surface area (Å²) in [5, 5.41) is 0.271. The number of aryl methyl sites for hydroxylation is 1. The second kappa shape index (κ2) is 10.7. The molecule has 37 heavy (non-hydrogen) atoms. The third kappa shape index (κ3) is 5.91. The predicted octanol–water partition coefficient (Wildman–Crippen LogP) is 6.22. The fraction of sp³-hybridized carbons (Fsp3) is 0.269. The number of hydrogen-bond acceptors (Lipinski definition) is 4. The number of nitrogens with zero attached hydrogens (tertiary/aromatic N) is 1. The van der Waals surface area contributed by atoms with E-state index < -0.39 is 38.6 Å². The van der Waals surface area contributed by atoms with Gasteiger partial charge in [-0.1, -0.05) is 29.8 Å². The molecule has 0 aliphatic carbocycles. The van der Waals surface area contributed by atoms with Gasteiger partial charge in [0.1, 0.15) is 24.0 Å². The Morgan fingerprint density at radius 2 is 1.81 bits per heavy atom. The van der Waals surface area contributed by atoms with E-state index in [1.807, 2.05) is 0 Å². The minimum Gasteiger partial charge on any atom is -0.486 e. The molecule has 0 saturated carbocycles. The summed E-state index contributed by atoms with van der Waals surface area (Å²) in [4.78, 5) is 10.4. The summed E-state index contributed by atoms with van der Waals surface area (Å²) >= 11 is 6.11. The van der Waals surface area contributed by atoms with Crippen LogP contribution in [0.4, 0.5) is 23.2 Å². The summed E-state index contributed by atoms with van der Waals surface area (Å²) in [7, 11) is -4.43. The molecule has 11 heteroatoms. The molecule has 196 valence electrons. The predicted molar refractivity (Wildman–Crippen MR) is 131 cm³/mol. The van der Waals surface area contributed by atoms with Gasteiger partial charge < -0.3 is 9.53 Å². The third-order valence-corrected chi connectivity index (χ3v) is 8.17. The second-order valence-electron chi connectivity index (χ2n) is 8.55. The van der Waals surface area contributed by atoms with Gasteiger partial charge in [-0.05, 0) is 67.3 Å². The molecule has 4 rings (SSSR count). The smallest absolute Gasteiger partial charge is 0.416 e. The van der Waals surface area contributed by atoms with Crippen LogP contribution in [0, 0.1) is 5.82 Å². The molecule has 0 fully saturated rings. The number of hydrogen-bond donors (Lipinski definition) is 0. The van der Waals surface area contributed by atoms with Gasteiger partial charge in [0.15, 0.2) is 0 Å². The van der Waals surface area contributed by atoms with Gasteiger partial charge in [0, 0.05) is 17.0 Å². The first-order valence-corrected chi connectivity index (χ1v) is 13.2. The van der Waals surface area contributed by atoms with E-state index in [2.05, 4.69) is 0 Å². The molecule has 1 heterocycles. The van der Waals surface area contributed by atoms with E-state index in [0.29, 0.717) is 29.9 Å². The summed E-state index contributed by atoms with van der Waals surface area (Å²) in [6, 6.07) is 12.7. The van der Waals surface area contributed by atoms with Crippen molar-refractivity contribution < 1.29 is 35.5 Å². The van der Waals surface area contributed by atoms with Gasteiger partial charge in [0.25, 0.3) is 10.0 Å². The van der Waals surface area contributed by atoms with Crippen molar-refractivity contribution in [1.29, 1.82) is 0 Å². The van der Waals surface area contributed by atoms with Crippen molar-refractivity contribution >= 4 is 33.6 Å². The van der Waals surface area contributed by atoms with Gasteiger partial charge in [-0.2, -0.15) is 13.2 Å². The van der Waals surface area contributed by atoms with Crippen molar-refractivity contribution in [2.75, 3.05) is 10.8 Å². The van der Waals surface area contributed by atoms with Crippen LogP contribution < -0.4 is 9.04 Å². The highest BCUT2D eigenvalue weighted by atomic mass is 35.5. The molecule has 0 amide bonds. The number of aldehydes is 1. The highest BCUT2D eigenvalue weighted by molar-refractivity contribution is 7.92. The molecule has 0 aromatic heterocycles. The summed E-state index contributed by atoms with van der Waals surface area (Å²) in [5.41, 5.74) is 0.0322. The average Bonchev–Trinajstić information content (AvgIpc) is 2.86. The first-order valence-electron chi connectivity index (χ1n) is 11.4. The molecule has 1 atom stereocenters. The number of ether oxygens (including phenoxy) is 1. The standard InChI is InChI=1S/C26H22ClF4NO4S/c27-22-7-2-8-23(28)21(22)11-9-17-10-12-25-24(14-17)32(16-19(36-25)5-3-13-33)37(34,35)20-6-1-4-18(15-20)26(29,30)31/h1-2,4,6-8,10,12-15,19H,3,5,9,11,16H2/t19-/m0/s1. The Morgan fingerprint density at radius 1 is 1.05 bits per heavy atom. The maximum atomic E-state index is 14.2. The molecular formula is C26H22ClF4NO4S. The Labute approximate surface area is 216 Å². The largest absolute Gasteiger partial charge is 0.486 e. The number of carbonyl (C=O) groups is 1. The lowest BCUT2D eigenvalue weighted by molar-refractivity contribution is -0.137. The van der Waals surface area contributed by atoms with E-state index in [-0.39, 0.29) is 42.3 Å². The van der Waals surface area contributed by atoms with Gasteiger partial charge in [-0.3, -0.25) is 4.31 Å². The molecule has 0 spiro atoms. The van der Waals surface area contributed by atoms with Crippen LogP contribution >= 0.6 is 11.6 Å². The highest BCUT2D eigenvalue weighted by Gasteiger charge is 2.37. The number of fused-ring (bicyclic) bond motifs is 1. The zero-order valence-corrected chi connectivity index (χ0v) is 20.9. The summed E-state index contributed by atoms with van der Waals surface area (Å²) in [6.45, 7) is -0.192. The van der Waals surface area contributed by atoms with E-state index in [9.17, 15) is 30.8 Å². The minimum absolute atomic E-state index is 0.124. The molecule has 0 saturated heterocycles.